The Balaban J connectivity index is 1.59. The second kappa shape index (κ2) is 8.47. The summed E-state index contributed by atoms with van der Waals surface area (Å²) in [6.07, 6.45) is 2.96. The Labute approximate surface area is 132 Å². The molecule has 22 heavy (non-hydrogen) atoms. The van der Waals surface area contributed by atoms with Gasteiger partial charge >= 0.3 is 6.03 Å². The molecule has 0 saturated carbocycles. The lowest BCUT2D eigenvalue weighted by Gasteiger charge is -2.14. The van der Waals surface area contributed by atoms with Crippen molar-refractivity contribution in [2.45, 2.75) is 31.1 Å². The Hall–Kier alpha value is -1.96. The molecule has 7 nitrogen and oxygen atoms in total. The van der Waals surface area contributed by atoms with E-state index in [9.17, 15) is 14.4 Å². The maximum Gasteiger partial charge on any atom is 0.322 e. The topological polar surface area (TPSA) is 100 Å². The summed E-state index contributed by atoms with van der Waals surface area (Å²) in [6, 6.07) is 2.52. The minimum absolute atomic E-state index is 0.163. The molecule has 0 unspecified atom stereocenters. The molecule has 0 spiro atoms. The van der Waals surface area contributed by atoms with Gasteiger partial charge in [-0.1, -0.05) is 0 Å². The fourth-order valence-electron chi connectivity index (χ4n) is 2.00. The summed E-state index contributed by atoms with van der Waals surface area (Å²) >= 11 is 1.73. The van der Waals surface area contributed by atoms with Crippen LogP contribution < -0.4 is 16.0 Å². The number of hydrogen-bond donors (Lipinski definition) is 3. The zero-order chi connectivity index (χ0) is 15.8. The lowest BCUT2D eigenvalue weighted by atomic mass is 10.1. The molecule has 3 N–H and O–H groups in total. The number of furan rings is 1. The number of amides is 4. The maximum atomic E-state index is 11.9. The summed E-state index contributed by atoms with van der Waals surface area (Å²) in [7, 11) is 0. The van der Waals surface area contributed by atoms with E-state index in [0.717, 1.165) is 23.7 Å². The van der Waals surface area contributed by atoms with E-state index in [-0.39, 0.29) is 18.2 Å². The van der Waals surface area contributed by atoms with E-state index in [1.807, 2.05) is 12.1 Å². The van der Waals surface area contributed by atoms with Gasteiger partial charge in [-0.3, -0.25) is 14.9 Å². The van der Waals surface area contributed by atoms with Crippen LogP contribution >= 0.6 is 11.8 Å². The van der Waals surface area contributed by atoms with Crippen molar-refractivity contribution in [3.63, 3.8) is 0 Å². The Morgan fingerprint density at radius 2 is 2.32 bits per heavy atom. The Morgan fingerprint density at radius 3 is 3.09 bits per heavy atom. The highest BCUT2D eigenvalue weighted by molar-refractivity contribution is 7.98. The molecule has 4 amide bonds. The third-order valence-electron chi connectivity index (χ3n) is 3.12. The van der Waals surface area contributed by atoms with Gasteiger partial charge in [-0.05, 0) is 30.7 Å². The highest BCUT2D eigenvalue weighted by atomic mass is 32.2. The molecule has 1 aliphatic heterocycles. The van der Waals surface area contributed by atoms with Gasteiger partial charge in [0.1, 0.15) is 11.8 Å². The Kier molecular flexibility index (Phi) is 6.32. The van der Waals surface area contributed by atoms with Crippen LogP contribution in [0.1, 0.15) is 25.0 Å². The monoisotopic (exact) mass is 325 g/mol. The van der Waals surface area contributed by atoms with Gasteiger partial charge in [-0.15, -0.1) is 0 Å². The predicted octanol–water partition coefficient (Wildman–Crippen LogP) is 1.01. The molecule has 0 aromatic carbocycles. The van der Waals surface area contributed by atoms with E-state index in [4.69, 9.17) is 4.42 Å². The van der Waals surface area contributed by atoms with Crippen LogP contribution in [0, 0.1) is 0 Å². The van der Waals surface area contributed by atoms with Crippen molar-refractivity contribution in [2.75, 3.05) is 12.3 Å². The molecule has 0 bridgehead atoms. The van der Waals surface area contributed by atoms with E-state index < -0.39 is 12.1 Å². The summed E-state index contributed by atoms with van der Waals surface area (Å²) in [5, 5.41) is 7.40. The van der Waals surface area contributed by atoms with Crippen molar-refractivity contribution in [1.29, 1.82) is 0 Å². The van der Waals surface area contributed by atoms with E-state index >= 15 is 0 Å². The first-order valence-electron chi connectivity index (χ1n) is 7.13. The minimum atomic E-state index is -0.651. The highest BCUT2D eigenvalue weighted by Gasteiger charge is 2.25. The molecule has 1 fully saturated rings. The van der Waals surface area contributed by atoms with Gasteiger partial charge < -0.3 is 15.1 Å². The SMILES string of the molecule is O=C1CC[C@@H](C(=O)NCCCSCc2ccco2)NC(=O)N1. The van der Waals surface area contributed by atoms with Crippen LogP contribution in [0.25, 0.3) is 0 Å². The quantitative estimate of drug-likeness (QED) is 0.650. The molecule has 1 saturated heterocycles. The molecule has 1 aromatic rings. The first kappa shape index (κ1) is 16.4. The van der Waals surface area contributed by atoms with Gasteiger partial charge in [0.25, 0.3) is 0 Å². The largest absolute Gasteiger partial charge is 0.468 e. The number of carbonyl (C=O) groups is 3. The second-order valence-electron chi connectivity index (χ2n) is 4.89. The number of carbonyl (C=O) groups excluding carboxylic acids is 3. The zero-order valence-electron chi connectivity index (χ0n) is 12.1. The van der Waals surface area contributed by atoms with Gasteiger partial charge in [0.15, 0.2) is 0 Å². The second-order valence-corrected chi connectivity index (χ2v) is 5.99. The van der Waals surface area contributed by atoms with E-state index in [0.29, 0.717) is 13.0 Å². The van der Waals surface area contributed by atoms with E-state index in [1.54, 1.807) is 18.0 Å². The van der Waals surface area contributed by atoms with Crippen molar-refractivity contribution >= 4 is 29.6 Å². The van der Waals surface area contributed by atoms with Crippen molar-refractivity contribution in [3.05, 3.63) is 24.2 Å². The van der Waals surface area contributed by atoms with Crippen LogP contribution in [0.15, 0.2) is 22.8 Å². The minimum Gasteiger partial charge on any atom is -0.468 e. The molecule has 8 heteroatoms. The summed E-state index contributed by atoms with van der Waals surface area (Å²) in [4.78, 5) is 34.4. The van der Waals surface area contributed by atoms with Crippen LogP contribution in [0.2, 0.25) is 0 Å². The van der Waals surface area contributed by atoms with Crippen LogP contribution in [0.4, 0.5) is 4.79 Å². The smallest absolute Gasteiger partial charge is 0.322 e. The molecule has 0 aliphatic carbocycles. The first-order valence-corrected chi connectivity index (χ1v) is 8.29. The normalized spacial score (nSPS) is 18.3. The summed E-state index contributed by atoms with van der Waals surface area (Å²) < 4.78 is 5.22. The standard InChI is InChI=1S/C14H19N3O4S/c18-12-5-4-11(16-14(20)17-12)13(19)15-6-2-8-22-9-10-3-1-7-21-10/h1,3,7,11H,2,4-6,8-9H2,(H,15,19)(H2,16,17,18,20)/t11-/m0/s1. The number of hydrogen-bond acceptors (Lipinski definition) is 5. The predicted molar refractivity (Wildman–Crippen MR) is 82.2 cm³/mol. The lowest BCUT2D eigenvalue weighted by molar-refractivity contribution is -0.123. The number of urea groups is 1. The van der Waals surface area contributed by atoms with Crippen molar-refractivity contribution in [1.82, 2.24) is 16.0 Å². The van der Waals surface area contributed by atoms with Crippen molar-refractivity contribution < 1.29 is 18.8 Å². The number of imide groups is 1. The zero-order valence-corrected chi connectivity index (χ0v) is 12.9. The van der Waals surface area contributed by atoms with E-state index in [2.05, 4.69) is 16.0 Å². The number of rotatable bonds is 7. The lowest BCUT2D eigenvalue weighted by Crippen LogP contribution is -2.48. The highest BCUT2D eigenvalue weighted by Crippen LogP contribution is 2.12. The average Bonchev–Trinajstić information content (AvgIpc) is 2.93. The van der Waals surface area contributed by atoms with Crippen molar-refractivity contribution in [2.24, 2.45) is 0 Å². The molecule has 1 atom stereocenters. The number of thioether (sulfide) groups is 1. The van der Waals surface area contributed by atoms with Crippen LogP contribution in [-0.4, -0.2) is 36.2 Å². The fourth-order valence-corrected chi connectivity index (χ4v) is 2.86. The molecule has 2 heterocycles. The van der Waals surface area contributed by atoms with Crippen LogP contribution in [0.5, 0.6) is 0 Å². The molecular weight excluding hydrogens is 306 g/mol. The van der Waals surface area contributed by atoms with Gasteiger partial charge in [0, 0.05) is 13.0 Å². The fraction of sp³-hybridized carbons (Fsp3) is 0.500. The van der Waals surface area contributed by atoms with Crippen LogP contribution in [-0.2, 0) is 15.3 Å². The first-order chi connectivity index (χ1) is 10.6. The van der Waals surface area contributed by atoms with Crippen LogP contribution in [0.3, 0.4) is 0 Å². The Bertz CT molecular complexity index is 518. The molecule has 120 valence electrons. The Morgan fingerprint density at radius 1 is 1.45 bits per heavy atom. The van der Waals surface area contributed by atoms with Gasteiger partial charge in [0.05, 0.1) is 12.0 Å². The van der Waals surface area contributed by atoms with Gasteiger partial charge in [-0.25, -0.2) is 4.79 Å². The number of nitrogens with one attached hydrogen (secondary N) is 3. The third kappa shape index (κ3) is 5.44. The summed E-state index contributed by atoms with van der Waals surface area (Å²) in [5.41, 5.74) is 0. The molecule has 1 aliphatic rings. The maximum absolute atomic E-state index is 11.9. The van der Waals surface area contributed by atoms with Gasteiger partial charge in [-0.2, -0.15) is 11.8 Å². The molecule has 1 aromatic heterocycles. The molecule has 2 rings (SSSR count). The summed E-state index contributed by atoms with van der Waals surface area (Å²) in [6.45, 7) is 0.539. The molecule has 0 radical (unpaired) electrons. The van der Waals surface area contributed by atoms with Crippen molar-refractivity contribution in [3.8, 4) is 0 Å². The third-order valence-corrected chi connectivity index (χ3v) is 4.19. The summed E-state index contributed by atoms with van der Waals surface area (Å²) in [5.74, 6) is 2.04. The van der Waals surface area contributed by atoms with Gasteiger partial charge in [0.2, 0.25) is 11.8 Å². The average molecular weight is 325 g/mol. The van der Waals surface area contributed by atoms with E-state index in [1.165, 1.54) is 0 Å². The molecular formula is C14H19N3O4S.